The Morgan fingerprint density at radius 2 is 1.92 bits per heavy atom. The van der Waals surface area contributed by atoms with Crippen molar-refractivity contribution in [1.82, 2.24) is 4.90 Å². The number of nitrogens with zero attached hydrogens (tertiary/aromatic N) is 1. The monoisotopic (exact) mass is 165 g/mol. The van der Waals surface area contributed by atoms with Gasteiger partial charge in [0.2, 0.25) is 0 Å². The van der Waals surface area contributed by atoms with Crippen LogP contribution in [-0.2, 0) is 9.53 Å². The first-order chi connectivity index (χ1) is 5.74. The van der Waals surface area contributed by atoms with Crippen molar-refractivity contribution < 1.29 is 9.53 Å². The fourth-order valence-electron chi connectivity index (χ4n) is 0.673. The predicted molar refractivity (Wildman–Crippen MR) is 46.1 cm³/mol. The van der Waals surface area contributed by atoms with E-state index in [1.165, 1.54) is 7.11 Å². The zero-order valence-electron chi connectivity index (χ0n) is 7.04. The van der Waals surface area contributed by atoms with E-state index < -0.39 is 0 Å². The maximum absolute atomic E-state index is 10.8. The molecule has 0 aromatic carbocycles. The van der Waals surface area contributed by atoms with Crippen molar-refractivity contribution in [2.24, 2.45) is 0 Å². The molecular formula is C9H11NO2. The van der Waals surface area contributed by atoms with Gasteiger partial charge in [0.1, 0.15) is 0 Å². The fourth-order valence-corrected chi connectivity index (χ4v) is 0.673. The highest BCUT2D eigenvalue weighted by atomic mass is 16.5. The normalized spacial score (nSPS) is 8.67. The van der Waals surface area contributed by atoms with Crippen LogP contribution in [0.2, 0.25) is 0 Å². The van der Waals surface area contributed by atoms with Crippen molar-refractivity contribution in [2.45, 2.75) is 0 Å². The standard InChI is InChI=1S/C9H11NO2/c1-4-6-10(7-5-2)8-9(11)12-3/h1-2H,6-8H2,3H3. The molecular weight excluding hydrogens is 154 g/mol. The average molecular weight is 165 g/mol. The quantitative estimate of drug-likeness (QED) is 0.424. The van der Waals surface area contributed by atoms with E-state index >= 15 is 0 Å². The third-order valence-electron chi connectivity index (χ3n) is 1.21. The van der Waals surface area contributed by atoms with E-state index in [9.17, 15) is 4.79 Å². The van der Waals surface area contributed by atoms with Crippen LogP contribution < -0.4 is 0 Å². The van der Waals surface area contributed by atoms with Crippen molar-refractivity contribution in [3.05, 3.63) is 0 Å². The van der Waals surface area contributed by atoms with Gasteiger partial charge in [0.15, 0.2) is 0 Å². The second-order valence-electron chi connectivity index (χ2n) is 2.13. The molecule has 0 aliphatic rings. The molecule has 12 heavy (non-hydrogen) atoms. The number of methoxy groups -OCH3 is 1. The van der Waals surface area contributed by atoms with Gasteiger partial charge < -0.3 is 4.74 Å². The minimum Gasteiger partial charge on any atom is -0.468 e. The maximum Gasteiger partial charge on any atom is 0.319 e. The molecule has 0 heterocycles. The second kappa shape index (κ2) is 6.27. The third-order valence-corrected chi connectivity index (χ3v) is 1.21. The van der Waals surface area contributed by atoms with Crippen LogP contribution in [-0.4, -0.2) is 37.6 Å². The Kier molecular flexibility index (Phi) is 5.51. The van der Waals surface area contributed by atoms with Gasteiger partial charge >= 0.3 is 5.97 Å². The molecule has 0 radical (unpaired) electrons. The molecule has 0 rings (SSSR count). The highest BCUT2D eigenvalue weighted by molar-refractivity contribution is 5.71. The number of terminal acetylenes is 2. The molecule has 0 fully saturated rings. The summed E-state index contributed by atoms with van der Waals surface area (Å²) in [5, 5.41) is 0. The third kappa shape index (κ3) is 4.38. The Morgan fingerprint density at radius 1 is 1.42 bits per heavy atom. The van der Waals surface area contributed by atoms with Crippen molar-refractivity contribution in [3.63, 3.8) is 0 Å². The first kappa shape index (κ1) is 10.6. The maximum atomic E-state index is 10.8. The van der Waals surface area contributed by atoms with E-state index in [4.69, 9.17) is 12.8 Å². The predicted octanol–water partition coefficient (Wildman–Crippen LogP) is -0.272. The lowest BCUT2D eigenvalue weighted by molar-refractivity contribution is -0.141. The van der Waals surface area contributed by atoms with Crippen molar-refractivity contribution in [2.75, 3.05) is 26.7 Å². The van der Waals surface area contributed by atoms with Crippen LogP contribution in [0, 0.1) is 24.7 Å². The molecule has 0 N–H and O–H groups in total. The smallest absolute Gasteiger partial charge is 0.319 e. The molecule has 3 heteroatoms. The summed E-state index contributed by atoms with van der Waals surface area (Å²) in [4.78, 5) is 12.4. The first-order valence-electron chi connectivity index (χ1n) is 3.40. The Bertz CT molecular complexity index is 206. The van der Waals surface area contributed by atoms with Gasteiger partial charge in [-0.2, -0.15) is 0 Å². The van der Waals surface area contributed by atoms with E-state index in [-0.39, 0.29) is 12.5 Å². The summed E-state index contributed by atoms with van der Waals surface area (Å²) in [5.74, 6) is 4.48. The van der Waals surface area contributed by atoms with Crippen molar-refractivity contribution in [3.8, 4) is 24.7 Å². The van der Waals surface area contributed by atoms with E-state index in [0.717, 1.165) is 0 Å². The molecule has 0 amide bonds. The highest BCUT2D eigenvalue weighted by Gasteiger charge is 2.07. The zero-order valence-corrected chi connectivity index (χ0v) is 7.04. The van der Waals surface area contributed by atoms with Gasteiger partial charge in [0.05, 0.1) is 26.7 Å². The molecule has 64 valence electrons. The van der Waals surface area contributed by atoms with Crippen LogP contribution in [0.3, 0.4) is 0 Å². The van der Waals surface area contributed by atoms with Crippen molar-refractivity contribution in [1.29, 1.82) is 0 Å². The number of esters is 1. The molecule has 0 aromatic heterocycles. The number of ether oxygens (including phenoxy) is 1. The van der Waals surface area contributed by atoms with Gasteiger partial charge in [-0.3, -0.25) is 9.69 Å². The minimum atomic E-state index is -0.333. The number of carbonyl (C=O) groups is 1. The van der Waals surface area contributed by atoms with Gasteiger partial charge in [-0.1, -0.05) is 11.8 Å². The summed E-state index contributed by atoms with van der Waals surface area (Å²) in [6, 6.07) is 0. The second-order valence-corrected chi connectivity index (χ2v) is 2.13. The summed E-state index contributed by atoms with van der Waals surface area (Å²) in [7, 11) is 1.33. The molecule has 0 atom stereocenters. The molecule has 0 spiro atoms. The van der Waals surface area contributed by atoms with Gasteiger partial charge in [0, 0.05) is 0 Å². The lowest BCUT2D eigenvalue weighted by Crippen LogP contribution is -2.31. The van der Waals surface area contributed by atoms with E-state index in [0.29, 0.717) is 13.1 Å². The minimum absolute atomic E-state index is 0.144. The number of hydrogen-bond acceptors (Lipinski definition) is 3. The molecule has 0 aromatic rings. The van der Waals surface area contributed by atoms with Crippen LogP contribution in [0.25, 0.3) is 0 Å². The average Bonchev–Trinajstić information content (AvgIpc) is 2.05. The van der Waals surface area contributed by atoms with Gasteiger partial charge in [-0.15, -0.1) is 12.8 Å². The van der Waals surface area contributed by atoms with Crippen LogP contribution in [0.5, 0.6) is 0 Å². The summed E-state index contributed by atoms with van der Waals surface area (Å²) < 4.78 is 4.46. The fraction of sp³-hybridized carbons (Fsp3) is 0.444. The van der Waals surface area contributed by atoms with E-state index in [1.807, 2.05) is 0 Å². The highest BCUT2D eigenvalue weighted by Crippen LogP contribution is 1.87. The van der Waals surface area contributed by atoms with Crippen LogP contribution >= 0.6 is 0 Å². The summed E-state index contributed by atoms with van der Waals surface area (Å²) >= 11 is 0. The molecule has 0 saturated carbocycles. The van der Waals surface area contributed by atoms with Crippen LogP contribution in [0.1, 0.15) is 0 Å². The lowest BCUT2D eigenvalue weighted by atomic mass is 10.4. The van der Waals surface area contributed by atoms with E-state index in [2.05, 4.69) is 16.6 Å². The van der Waals surface area contributed by atoms with Crippen molar-refractivity contribution >= 4 is 5.97 Å². The number of rotatable bonds is 4. The summed E-state index contributed by atoms with van der Waals surface area (Å²) in [6.45, 7) is 0.865. The van der Waals surface area contributed by atoms with Gasteiger partial charge in [0.25, 0.3) is 0 Å². The topological polar surface area (TPSA) is 29.5 Å². The Morgan fingerprint density at radius 3 is 2.25 bits per heavy atom. The van der Waals surface area contributed by atoms with Crippen LogP contribution in [0.4, 0.5) is 0 Å². The van der Waals surface area contributed by atoms with Gasteiger partial charge in [-0.05, 0) is 0 Å². The molecule has 0 unspecified atom stereocenters. The summed E-state index contributed by atoms with van der Waals surface area (Å²) in [5.41, 5.74) is 0. The number of hydrogen-bond donors (Lipinski definition) is 0. The Labute approximate surface area is 72.7 Å². The zero-order chi connectivity index (χ0) is 9.40. The summed E-state index contributed by atoms with van der Waals surface area (Å²) in [6.07, 6.45) is 10.1. The van der Waals surface area contributed by atoms with Gasteiger partial charge in [-0.25, -0.2) is 0 Å². The Hall–Kier alpha value is -1.45. The van der Waals surface area contributed by atoms with E-state index in [1.54, 1.807) is 4.90 Å². The molecule has 0 bridgehead atoms. The Balaban J connectivity index is 3.89. The first-order valence-corrected chi connectivity index (χ1v) is 3.40. The molecule has 0 saturated heterocycles. The SMILES string of the molecule is C#CCN(CC#C)CC(=O)OC. The molecule has 0 aliphatic heterocycles. The van der Waals surface area contributed by atoms with Crippen LogP contribution in [0.15, 0.2) is 0 Å². The lowest BCUT2D eigenvalue weighted by Gasteiger charge is -2.14. The number of carbonyl (C=O) groups excluding carboxylic acids is 1. The molecule has 0 aliphatic carbocycles. The molecule has 3 nitrogen and oxygen atoms in total. The largest absolute Gasteiger partial charge is 0.468 e.